The second-order valence-corrected chi connectivity index (χ2v) is 4.72. The Morgan fingerprint density at radius 1 is 1.38 bits per heavy atom. The summed E-state index contributed by atoms with van der Waals surface area (Å²) in [5, 5.41) is 8.25. The van der Waals surface area contributed by atoms with E-state index in [0.717, 1.165) is 11.0 Å². The molecule has 1 fully saturated rings. The molecular formula is C10H19NOS. The van der Waals surface area contributed by atoms with Gasteiger partial charge in [-0.2, -0.15) is 0 Å². The quantitative estimate of drug-likeness (QED) is 0.560. The van der Waals surface area contributed by atoms with Gasteiger partial charge in [-0.15, -0.1) is 11.8 Å². The van der Waals surface area contributed by atoms with Crippen molar-refractivity contribution < 1.29 is 4.74 Å². The second kappa shape index (κ2) is 6.30. The summed E-state index contributed by atoms with van der Waals surface area (Å²) in [5.41, 5.74) is 0. The van der Waals surface area contributed by atoms with E-state index in [9.17, 15) is 0 Å². The minimum absolute atomic E-state index is 0.443. The van der Waals surface area contributed by atoms with E-state index in [4.69, 9.17) is 10.1 Å². The fraction of sp³-hybridized carbons (Fsp3) is 0.900. The molecule has 1 N–H and O–H groups in total. The summed E-state index contributed by atoms with van der Waals surface area (Å²) in [6.07, 6.45) is 6.83. The van der Waals surface area contributed by atoms with Crippen LogP contribution in [0, 0.1) is 5.41 Å². The first-order valence-corrected chi connectivity index (χ1v) is 6.19. The van der Waals surface area contributed by atoms with Crippen LogP contribution >= 0.6 is 11.8 Å². The molecule has 1 saturated carbocycles. The van der Waals surface area contributed by atoms with Gasteiger partial charge in [0.05, 0.1) is 12.4 Å². The van der Waals surface area contributed by atoms with Gasteiger partial charge in [-0.05, 0) is 19.8 Å². The first-order valence-electron chi connectivity index (χ1n) is 5.14. The smallest absolute Gasteiger partial charge is 0.190 e. The van der Waals surface area contributed by atoms with E-state index < -0.39 is 0 Å². The van der Waals surface area contributed by atoms with Crippen molar-refractivity contribution >= 4 is 17.7 Å². The van der Waals surface area contributed by atoms with Crippen LogP contribution in [0.1, 0.15) is 39.0 Å². The summed E-state index contributed by atoms with van der Waals surface area (Å²) < 4.78 is 5.10. The normalized spacial score (nSPS) is 18.5. The van der Waals surface area contributed by atoms with Gasteiger partial charge in [0.1, 0.15) is 0 Å². The molecule has 0 spiro atoms. The molecule has 0 radical (unpaired) electrons. The van der Waals surface area contributed by atoms with Crippen LogP contribution in [0.15, 0.2) is 0 Å². The molecule has 0 heterocycles. The van der Waals surface area contributed by atoms with Crippen molar-refractivity contribution in [3.8, 4) is 0 Å². The fourth-order valence-corrected chi connectivity index (χ4v) is 2.78. The highest BCUT2D eigenvalue weighted by Gasteiger charge is 2.14. The second-order valence-electron chi connectivity index (χ2n) is 3.43. The molecule has 0 bridgehead atoms. The van der Waals surface area contributed by atoms with Gasteiger partial charge in [0, 0.05) is 5.25 Å². The van der Waals surface area contributed by atoms with E-state index in [1.807, 2.05) is 18.7 Å². The van der Waals surface area contributed by atoms with E-state index in [0.29, 0.717) is 12.5 Å². The number of rotatable bonds is 4. The summed E-state index contributed by atoms with van der Waals surface area (Å²) in [4.78, 5) is 0. The van der Waals surface area contributed by atoms with Gasteiger partial charge < -0.3 is 4.74 Å². The lowest BCUT2D eigenvalue weighted by Gasteiger charge is -2.20. The third-order valence-electron chi connectivity index (χ3n) is 2.32. The summed E-state index contributed by atoms with van der Waals surface area (Å²) in [6.45, 7) is 2.56. The molecule has 2 nitrogen and oxygen atoms in total. The SMILES string of the molecule is CCOC(=N)CSC1CCCCC1. The molecule has 0 amide bonds. The van der Waals surface area contributed by atoms with E-state index in [1.165, 1.54) is 32.1 Å². The van der Waals surface area contributed by atoms with Crippen molar-refractivity contribution in [3.05, 3.63) is 0 Å². The Balaban J connectivity index is 2.06. The topological polar surface area (TPSA) is 33.1 Å². The highest BCUT2D eigenvalue weighted by Crippen LogP contribution is 2.28. The van der Waals surface area contributed by atoms with Crippen LogP contribution in [0.4, 0.5) is 0 Å². The summed E-state index contributed by atoms with van der Waals surface area (Å²) >= 11 is 1.90. The van der Waals surface area contributed by atoms with Gasteiger partial charge in [-0.1, -0.05) is 19.3 Å². The van der Waals surface area contributed by atoms with Crippen molar-refractivity contribution in [2.75, 3.05) is 12.4 Å². The number of hydrogen-bond acceptors (Lipinski definition) is 3. The van der Waals surface area contributed by atoms with E-state index in [2.05, 4.69) is 0 Å². The summed E-state index contributed by atoms with van der Waals surface area (Å²) in [7, 11) is 0. The molecule has 0 atom stereocenters. The standard InChI is InChI=1S/C10H19NOS/c1-2-12-10(11)8-13-9-6-4-3-5-7-9/h9,11H,2-8H2,1H3. The maximum absolute atomic E-state index is 7.46. The van der Waals surface area contributed by atoms with Gasteiger partial charge in [0.2, 0.25) is 0 Å². The van der Waals surface area contributed by atoms with Crippen LogP contribution in [0.2, 0.25) is 0 Å². The number of ether oxygens (including phenoxy) is 1. The van der Waals surface area contributed by atoms with Crippen LogP contribution in [0.3, 0.4) is 0 Å². The van der Waals surface area contributed by atoms with Crippen LogP contribution in [0.25, 0.3) is 0 Å². The molecule has 0 aliphatic heterocycles. The summed E-state index contributed by atoms with van der Waals surface area (Å²) in [5.74, 6) is 1.21. The molecule has 76 valence electrons. The minimum atomic E-state index is 0.443. The van der Waals surface area contributed by atoms with E-state index >= 15 is 0 Å². The van der Waals surface area contributed by atoms with Crippen LogP contribution < -0.4 is 0 Å². The van der Waals surface area contributed by atoms with Gasteiger partial charge >= 0.3 is 0 Å². The Bertz CT molecular complexity index is 155. The monoisotopic (exact) mass is 201 g/mol. The van der Waals surface area contributed by atoms with E-state index in [-0.39, 0.29) is 0 Å². The van der Waals surface area contributed by atoms with Crippen molar-refractivity contribution in [1.82, 2.24) is 0 Å². The summed E-state index contributed by atoms with van der Waals surface area (Å²) in [6, 6.07) is 0. The lowest BCUT2D eigenvalue weighted by atomic mass is 10.0. The molecular weight excluding hydrogens is 182 g/mol. The van der Waals surface area contributed by atoms with E-state index in [1.54, 1.807) is 0 Å². The number of thioether (sulfide) groups is 1. The Labute approximate surface area is 84.9 Å². The number of hydrogen-bond donors (Lipinski definition) is 1. The average molecular weight is 201 g/mol. The Kier molecular flexibility index (Phi) is 5.28. The lowest BCUT2D eigenvalue weighted by molar-refractivity contribution is 0.322. The zero-order chi connectivity index (χ0) is 9.52. The molecule has 1 aliphatic carbocycles. The highest BCUT2D eigenvalue weighted by atomic mass is 32.2. The Hall–Kier alpha value is -0.180. The van der Waals surface area contributed by atoms with Crippen molar-refractivity contribution in [2.45, 2.75) is 44.3 Å². The van der Waals surface area contributed by atoms with Gasteiger partial charge in [-0.25, -0.2) is 0 Å². The largest absolute Gasteiger partial charge is 0.481 e. The Morgan fingerprint density at radius 2 is 2.08 bits per heavy atom. The predicted octanol–water partition coefficient (Wildman–Crippen LogP) is 3.07. The first kappa shape index (κ1) is 10.9. The van der Waals surface area contributed by atoms with Gasteiger partial charge in [0.25, 0.3) is 0 Å². The first-order chi connectivity index (χ1) is 6.33. The Morgan fingerprint density at radius 3 is 2.69 bits per heavy atom. The third kappa shape index (κ3) is 4.55. The van der Waals surface area contributed by atoms with Crippen LogP contribution in [-0.2, 0) is 4.74 Å². The van der Waals surface area contributed by atoms with Crippen LogP contribution in [0.5, 0.6) is 0 Å². The van der Waals surface area contributed by atoms with Gasteiger partial charge in [-0.3, -0.25) is 5.41 Å². The van der Waals surface area contributed by atoms with Gasteiger partial charge in [0.15, 0.2) is 5.90 Å². The zero-order valence-electron chi connectivity index (χ0n) is 8.34. The molecule has 1 aliphatic rings. The lowest BCUT2D eigenvalue weighted by Crippen LogP contribution is -2.13. The zero-order valence-corrected chi connectivity index (χ0v) is 9.16. The molecule has 1 rings (SSSR count). The molecule has 0 saturated heterocycles. The molecule has 0 unspecified atom stereocenters. The maximum atomic E-state index is 7.46. The molecule has 3 heteroatoms. The van der Waals surface area contributed by atoms with Crippen LogP contribution in [-0.4, -0.2) is 23.5 Å². The average Bonchev–Trinajstić information content (AvgIpc) is 2.17. The molecule has 0 aromatic rings. The molecule has 0 aromatic heterocycles. The third-order valence-corrected chi connectivity index (χ3v) is 3.69. The minimum Gasteiger partial charge on any atom is -0.481 e. The molecule has 13 heavy (non-hydrogen) atoms. The molecule has 0 aromatic carbocycles. The highest BCUT2D eigenvalue weighted by molar-refractivity contribution is 8.00. The van der Waals surface area contributed by atoms with Crippen molar-refractivity contribution in [3.63, 3.8) is 0 Å². The fourth-order valence-electron chi connectivity index (χ4n) is 1.64. The van der Waals surface area contributed by atoms with Crippen molar-refractivity contribution in [2.24, 2.45) is 0 Å². The number of nitrogens with one attached hydrogen (secondary N) is 1. The van der Waals surface area contributed by atoms with Crippen molar-refractivity contribution in [1.29, 1.82) is 5.41 Å². The maximum Gasteiger partial charge on any atom is 0.190 e. The predicted molar refractivity (Wildman–Crippen MR) is 58.7 cm³/mol.